The molecule has 12 heteroatoms. The van der Waals surface area contributed by atoms with Gasteiger partial charge in [0.05, 0.1) is 5.41 Å². The van der Waals surface area contributed by atoms with Crippen molar-refractivity contribution in [1.29, 1.82) is 0 Å². The van der Waals surface area contributed by atoms with E-state index in [0.717, 1.165) is 12.8 Å². The second kappa shape index (κ2) is 9.58. The smallest absolute Gasteiger partial charge is 0.318 e. The third kappa shape index (κ3) is 4.30. The van der Waals surface area contributed by atoms with E-state index < -0.39 is 69.7 Å². The molecule has 1 N–H and O–H groups in total. The lowest BCUT2D eigenvalue weighted by atomic mass is 9.49. The average molecular weight is 617 g/mol. The van der Waals surface area contributed by atoms with Gasteiger partial charge in [-0.1, -0.05) is 27.7 Å². The molecule has 7 unspecified atom stereocenters. The fourth-order valence-electron chi connectivity index (χ4n) is 9.03. The SMILES string of the molecule is CC(C)c1cc(OC(=O)C2C3OC4C(OC(=O)[C@@H]42)C3OC(=O)C23CC4CC(C2)C(=O)C(C4)C3)cc(C(C)C)c1S(=O)(=O)O. The quantitative estimate of drug-likeness (QED) is 0.272. The highest BCUT2D eigenvalue weighted by atomic mass is 32.2. The molecule has 8 atom stereocenters. The van der Waals surface area contributed by atoms with Gasteiger partial charge in [-0.3, -0.25) is 23.7 Å². The Morgan fingerprint density at radius 1 is 0.953 bits per heavy atom. The van der Waals surface area contributed by atoms with Crippen molar-refractivity contribution in [2.75, 3.05) is 0 Å². The van der Waals surface area contributed by atoms with Gasteiger partial charge in [-0.05, 0) is 73.1 Å². The molecule has 0 amide bonds. The molecule has 1 aromatic rings. The second-order valence-electron chi connectivity index (χ2n) is 14.1. The van der Waals surface area contributed by atoms with Gasteiger partial charge in [0.25, 0.3) is 10.1 Å². The van der Waals surface area contributed by atoms with Crippen LogP contribution >= 0.6 is 0 Å². The molecule has 4 aliphatic carbocycles. The molecule has 0 spiro atoms. The number of Topliss-reactive ketones (excluding diaryl/α,β-unsaturated/α-hetero) is 1. The molecule has 3 heterocycles. The summed E-state index contributed by atoms with van der Waals surface area (Å²) in [5.41, 5.74) is -0.164. The fraction of sp³-hybridized carbons (Fsp3) is 0.677. The number of benzene rings is 1. The monoisotopic (exact) mass is 616 g/mol. The second-order valence-corrected chi connectivity index (χ2v) is 15.4. The summed E-state index contributed by atoms with van der Waals surface area (Å²) >= 11 is 0. The summed E-state index contributed by atoms with van der Waals surface area (Å²) in [5, 5.41) is 0. The third-order valence-electron chi connectivity index (χ3n) is 10.7. The summed E-state index contributed by atoms with van der Waals surface area (Å²) < 4.78 is 58.1. The van der Waals surface area contributed by atoms with Crippen molar-refractivity contribution in [2.24, 2.45) is 35.0 Å². The van der Waals surface area contributed by atoms with Crippen LogP contribution in [0.1, 0.15) is 82.8 Å². The van der Waals surface area contributed by atoms with Gasteiger partial charge in [0.15, 0.2) is 12.2 Å². The molecule has 43 heavy (non-hydrogen) atoms. The molecule has 0 radical (unpaired) electrons. The van der Waals surface area contributed by atoms with Crippen LogP contribution in [0.5, 0.6) is 5.75 Å². The van der Waals surface area contributed by atoms with E-state index >= 15 is 0 Å². The maximum Gasteiger partial charge on any atom is 0.318 e. The Morgan fingerprint density at radius 3 is 2.12 bits per heavy atom. The summed E-state index contributed by atoms with van der Waals surface area (Å²) in [5.74, 6) is -4.08. The Bertz CT molecular complexity index is 1500. The van der Waals surface area contributed by atoms with Gasteiger partial charge < -0.3 is 18.9 Å². The number of fused-ring (bicyclic) bond motifs is 1. The fourth-order valence-corrected chi connectivity index (χ4v) is 10.2. The molecule has 6 bridgehead atoms. The van der Waals surface area contributed by atoms with E-state index in [2.05, 4.69) is 0 Å². The zero-order valence-corrected chi connectivity index (χ0v) is 25.3. The number of ketones is 1. The molecule has 7 fully saturated rings. The van der Waals surface area contributed by atoms with Crippen LogP contribution < -0.4 is 4.74 Å². The van der Waals surface area contributed by atoms with Crippen molar-refractivity contribution in [3.63, 3.8) is 0 Å². The minimum Gasteiger partial charge on any atom is -0.455 e. The number of carbonyl (C=O) groups excluding carboxylic acids is 4. The van der Waals surface area contributed by atoms with Gasteiger partial charge in [0, 0.05) is 11.8 Å². The predicted molar refractivity (Wildman–Crippen MR) is 146 cm³/mol. The van der Waals surface area contributed by atoms with Crippen LogP contribution in [0.2, 0.25) is 0 Å². The lowest BCUT2D eigenvalue weighted by Gasteiger charge is -2.54. The molecule has 4 saturated carbocycles. The van der Waals surface area contributed by atoms with Crippen molar-refractivity contribution in [3.8, 4) is 5.75 Å². The van der Waals surface area contributed by atoms with Crippen LogP contribution in [0, 0.1) is 35.0 Å². The Morgan fingerprint density at radius 2 is 1.56 bits per heavy atom. The summed E-state index contributed by atoms with van der Waals surface area (Å²) in [4.78, 5) is 52.8. The Kier molecular flexibility index (Phi) is 6.44. The first kappa shape index (κ1) is 28.9. The van der Waals surface area contributed by atoms with Gasteiger partial charge in [-0.2, -0.15) is 8.42 Å². The zero-order valence-electron chi connectivity index (χ0n) is 24.5. The van der Waals surface area contributed by atoms with Crippen LogP contribution in [0.25, 0.3) is 0 Å². The summed E-state index contributed by atoms with van der Waals surface area (Å²) in [7, 11) is -4.56. The van der Waals surface area contributed by atoms with Crippen LogP contribution in [-0.2, 0) is 43.5 Å². The number of ether oxygens (including phenoxy) is 4. The van der Waals surface area contributed by atoms with E-state index in [1.54, 1.807) is 27.7 Å². The maximum atomic E-state index is 13.8. The molecule has 7 aliphatic rings. The molecule has 8 rings (SSSR count). The Balaban J connectivity index is 1.15. The van der Waals surface area contributed by atoms with E-state index in [-0.39, 0.29) is 40.1 Å². The van der Waals surface area contributed by atoms with Crippen molar-refractivity contribution in [3.05, 3.63) is 23.3 Å². The zero-order chi connectivity index (χ0) is 30.7. The maximum absolute atomic E-state index is 13.8. The summed E-state index contributed by atoms with van der Waals surface area (Å²) in [6.45, 7) is 7.04. The van der Waals surface area contributed by atoms with Gasteiger partial charge in [-0.25, -0.2) is 0 Å². The predicted octanol–water partition coefficient (Wildman–Crippen LogP) is 3.33. The molecule has 3 aliphatic heterocycles. The Labute approximate surface area is 249 Å². The molecule has 232 valence electrons. The largest absolute Gasteiger partial charge is 0.455 e. The van der Waals surface area contributed by atoms with Crippen molar-refractivity contribution in [2.45, 2.75) is 101 Å². The van der Waals surface area contributed by atoms with Gasteiger partial charge in [-0.15, -0.1) is 0 Å². The first-order chi connectivity index (χ1) is 20.2. The number of carbonyl (C=O) groups is 4. The molecule has 1 aromatic carbocycles. The normalized spacial score (nSPS) is 38.7. The summed E-state index contributed by atoms with van der Waals surface area (Å²) in [6, 6.07) is 2.82. The minimum absolute atomic E-state index is 0.0715. The van der Waals surface area contributed by atoms with Crippen molar-refractivity contribution in [1.82, 2.24) is 0 Å². The first-order valence-corrected chi connectivity index (χ1v) is 16.6. The number of rotatable bonds is 7. The highest BCUT2D eigenvalue weighted by Crippen LogP contribution is 2.60. The number of hydrogen-bond donors (Lipinski definition) is 1. The first-order valence-electron chi connectivity index (χ1n) is 15.2. The summed E-state index contributed by atoms with van der Waals surface area (Å²) in [6.07, 6.45) is -0.278. The molecular weight excluding hydrogens is 580 g/mol. The van der Waals surface area contributed by atoms with Crippen LogP contribution in [-0.4, -0.2) is 61.1 Å². The van der Waals surface area contributed by atoms with Crippen LogP contribution in [0.4, 0.5) is 0 Å². The van der Waals surface area contributed by atoms with E-state index in [0.29, 0.717) is 36.3 Å². The van der Waals surface area contributed by atoms with Crippen LogP contribution in [0.15, 0.2) is 17.0 Å². The van der Waals surface area contributed by atoms with Crippen molar-refractivity contribution >= 4 is 33.8 Å². The van der Waals surface area contributed by atoms with E-state index in [9.17, 15) is 32.1 Å². The molecule has 0 aromatic heterocycles. The van der Waals surface area contributed by atoms with E-state index in [4.69, 9.17) is 18.9 Å². The minimum atomic E-state index is -4.56. The van der Waals surface area contributed by atoms with Gasteiger partial charge >= 0.3 is 17.9 Å². The van der Waals surface area contributed by atoms with Gasteiger partial charge in [0.1, 0.15) is 40.5 Å². The average Bonchev–Trinajstić information content (AvgIpc) is 3.54. The third-order valence-corrected chi connectivity index (χ3v) is 11.7. The highest BCUT2D eigenvalue weighted by Gasteiger charge is 2.72. The van der Waals surface area contributed by atoms with Crippen molar-refractivity contribution < 1.29 is 51.1 Å². The van der Waals surface area contributed by atoms with Crippen LogP contribution in [0.3, 0.4) is 0 Å². The highest BCUT2D eigenvalue weighted by molar-refractivity contribution is 7.86. The van der Waals surface area contributed by atoms with Gasteiger partial charge in [0.2, 0.25) is 0 Å². The molecular formula is C31H36O11S. The Hall–Kier alpha value is -2.83. The topological polar surface area (TPSA) is 160 Å². The number of hydrogen-bond acceptors (Lipinski definition) is 10. The lowest BCUT2D eigenvalue weighted by molar-refractivity contribution is -0.186. The van der Waals surface area contributed by atoms with E-state index in [1.807, 2.05) is 0 Å². The standard InChI is InChI=1S/C31H36O11S/c1-12(2)18-7-17(8-19(13(3)4)27(18)43(36,37)38)39-28(33)20-21-23-25(41-29(21)34)26(24(20)40-23)42-30(35)31-9-14-5-15(10-31)22(32)16(6-14)11-31/h7-8,12-16,20-21,23-26H,5-6,9-11H2,1-4H3,(H,36,37,38)/t14?,15?,16?,20?,21-,23?,24?,25?,26?,31?/m1/s1. The lowest BCUT2D eigenvalue weighted by Crippen LogP contribution is -2.56. The molecule has 3 saturated heterocycles. The molecule has 11 nitrogen and oxygen atoms in total. The van der Waals surface area contributed by atoms with E-state index in [1.165, 1.54) is 12.1 Å². The number of esters is 3.